The number of amides is 1. The SMILES string of the molecule is CN=C(NCc1cccc(OCCCOC)c1)N(C)CC(=O)NC(C)(C)C.I. The maximum absolute atomic E-state index is 12.1. The molecule has 0 radical (unpaired) electrons. The van der Waals surface area contributed by atoms with Crippen LogP contribution in [-0.2, 0) is 16.1 Å². The summed E-state index contributed by atoms with van der Waals surface area (Å²) in [6.45, 7) is 8.02. The number of benzene rings is 1. The van der Waals surface area contributed by atoms with Crippen LogP contribution in [0.5, 0.6) is 5.75 Å². The predicted molar refractivity (Wildman–Crippen MR) is 125 cm³/mol. The van der Waals surface area contributed by atoms with Gasteiger partial charge >= 0.3 is 0 Å². The van der Waals surface area contributed by atoms with Gasteiger partial charge in [-0.3, -0.25) is 9.79 Å². The maximum atomic E-state index is 12.1. The van der Waals surface area contributed by atoms with Gasteiger partial charge in [0.2, 0.25) is 5.91 Å². The molecule has 0 bridgehead atoms. The summed E-state index contributed by atoms with van der Waals surface area (Å²) in [5.41, 5.74) is 0.825. The largest absolute Gasteiger partial charge is 0.493 e. The molecule has 0 aliphatic carbocycles. The van der Waals surface area contributed by atoms with Crippen molar-refractivity contribution in [3.63, 3.8) is 0 Å². The van der Waals surface area contributed by atoms with E-state index in [-0.39, 0.29) is 42.0 Å². The van der Waals surface area contributed by atoms with Crippen LogP contribution in [0.3, 0.4) is 0 Å². The van der Waals surface area contributed by atoms with Crippen LogP contribution in [-0.4, -0.2) is 63.3 Å². The zero-order chi connectivity index (χ0) is 20.3. The molecule has 28 heavy (non-hydrogen) atoms. The van der Waals surface area contributed by atoms with Gasteiger partial charge in [0, 0.05) is 46.3 Å². The van der Waals surface area contributed by atoms with Gasteiger partial charge in [0.1, 0.15) is 5.75 Å². The second-order valence-electron chi connectivity index (χ2n) is 7.40. The number of rotatable bonds is 9. The van der Waals surface area contributed by atoms with Crippen LogP contribution < -0.4 is 15.4 Å². The maximum Gasteiger partial charge on any atom is 0.240 e. The number of likely N-dealkylation sites (N-methyl/N-ethyl adjacent to an activating group) is 1. The van der Waals surface area contributed by atoms with Crippen molar-refractivity contribution in [2.24, 2.45) is 4.99 Å². The lowest BCUT2D eigenvalue weighted by Gasteiger charge is -2.25. The first-order chi connectivity index (χ1) is 12.7. The number of guanidine groups is 1. The molecule has 0 fully saturated rings. The summed E-state index contributed by atoms with van der Waals surface area (Å²) in [7, 11) is 5.23. The van der Waals surface area contributed by atoms with Crippen molar-refractivity contribution in [2.45, 2.75) is 39.3 Å². The van der Waals surface area contributed by atoms with Gasteiger partial charge in [-0.15, -0.1) is 24.0 Å². The van der Waals surface area contributed by atoms with Crippen molar-refractivity contribution in [3.05, 3.63) is 29.8 Å². The first-order valence-corrected chi connectivity index (χ1v) is 9.18. The smallest absolute Gasteiger partial charge is 0.240 e. The molecule has 7 nitrogen and oxygen atoms in total. The monoisotopic (exact) mass is 506 g/mol. The minimum Gasteiger partial charge on any atom is -0.493 e. The first kappa shape index (κ1) is 26.4. The molecule has 1 rings (SSSR count). The highest BCUT2D eigenvalue weighted by Crippen LogP contribution is 2.13. The van der Waals surface area contributed by atoms with Gasteiger partial charge < -0.3 is 25.0 Å². The molecule has 0 aromatic heterocycles. The van der Waals surface area contributed by atoms with Crippen LogP contribution in [0.15, 0.2) is 29.3 Å². The minimum absolute atomic E-state index is 0. The minimum atomic E-state index is -0.251. The Morgan fingerprint density at radius 2 is 1.96 bits per heavy atom. The van der Waals surface area contributed by atoms with Gasteiger partial charge in [-0.1, -0.05) is 12.1 Å². The number of nitrogens with one attached hydrogen (secondary N) is 2. The molecule has 0 heterocycles. The molecule has 0 spiro atoms. The Hall–Kier alpha value is -1.55. The van der Waals surface area contributed by atoms with Gasteiger partial charge in [0.25, 0.3) is 0 Å². The van der Waals surface area contributed by atoms with E-state index in [9.17, 15) is 4.79 Å². The molecule has 0 aliphatic heterocycles. The van der Waals surface area contributed by atoms with E-state index in [1.54, 1.807) is 19.1 Å². The summed E-state index contributed by atoms with van der Waals surface area (Å²) in [5, 5.41) is 6.23. The molecule has 0 atom stereocenters. The second kappa shape index (κ2) is 13.6. The standard InChI is InChI=1S/C20H34N4O3.HI/c1-20(2,3)23-18(25)15-24(5)19(21-4)22-14-16-9-7-10-17(13-16)27-12-8-11-26-6;/h7,9-10,13H,8,11-12,14-15H2,1-6H3,(H,21,22)(H,23,25);1H. The number of aliphatic imine (C=N–C) groups is 1. The average molecular weight is 506 g/mol. The lowest BCUT2D eigenvalue weighted by Crippen LogP contribution is -2.48. The molecule has 0 unspecified atom stereocenters. The van der Waals surface area contributed by atoms with E-state index < -0.39 is 0 Å². The van der Waals surface area contributed by atoms with Crippen molar-refractivity contribution < 1.29 is 14.3 Å². The van der Waals surface area contributed by atoms with Crippen molar-refractivity contribution in [1.82, 2.24) is 15.5 Å². The summed E-state index contributed by atoms with van der Waals surface area (Å²) in [6.07, 6.45) is 0.854. The summed E-state index contributed by atoms with van der Waals surface area (Å²) < 4.78 is 10.7. The van der Waals surface area contributed by atoms with Crippen LogP contribution in [0.2, 0.25) is 0 Å². The molecule has 2 N–H and O–H groups in total. The number of ether oxygens (including phenoxy) is 2. The Bertz CT molecular complexity index is 618. The highest BCUT2D eigenvalue weighted by Gasteiger charge is 2.16. The van der Waals surface area contributed by atoms with E-state index in [1.807, 2.05) is 52.1 Å². The van der Waals surface area contributed by atoms with Crippen LogP contribution in [0.1, 0.15) is 32.8 Å². The molecule has 0 saturated carbocycles. The summed E-state index contributed by atoms with van der Waals surface area (Å²) >= 11 is 0. The van der Waals surface area contributed by atoms with E-state index in [1.165, 1.54) is 0 Å². The number of nitrogens with zero attached hydrogens (tertiary/aromatic N) is 2. The molecule has 1 aromatic carbocycles. The van der Waals surface area contributed by atoms with E-state index >= 15 is 0 Å². The lowest BCUT2D eigenvalue weighted by atomic mass is 10.1. The van der Waals surface area contributed by atoms with E-state index in [4.69, 9.17) is 9.47 Å². The van der Waals surface area contributed by atoms with Crippen LogP contribution in [0.4, 0.5) is 0 Å². The Morgan fingerprint density at radius 3 is 2.57 bits per heavy atom. The Morgan fingerprint density at radius 1 is 1.25 bits per heavy atom. The van der Waals surface area contributed by atoms with Crippen molar-refractivity contribution in [3.8, 4) is 5.75 Å². The molecule has 0 aliphatic rings. The second-order valence-corrected chi connectivity index (χ2v) is 7.40. The van der Waals surface area contributed by atoms with Gasteiger partial charge in [0.05, 0.1) is 13.2 Å². The Labute approximate surface area is 186 Å². The van der Waals surface area contributed by atoms with Gasteiger partial charge in [0.15, 0.2) is 5.96 Å². The third-order valence-corrected chi connectivity index (χ3v) is 3.58. The zero-order valence-corrected chi connectivity index (χ0v) is 20.2. The van der Waals surface area contributed by atoms with Crippen molar-refractivity contribution in [2.75, 3.05) is 41.0 Å². The van der Waals surface area contributed by atoms with Crippen LogP contribution in [0.25, 0.3) is 0 Å². The van der Waals surface area contributed by atoms with Gasteiger partial charge in [-0.2, -0.15) is 0 Å². The van der Waals surface area contributed by atoms with E-state index in [0.29, 0.717) is 25.7 Å². The number of hydrogen-bond acceptors (Lipinski definition) is 4. The Balaban J connectivity index is 0.00000729. The first-order valence-electron chi connectivity index (χ1n) is 9.18. The molecular formula is C20H35IN4O3. The third kappa shape index (κ3) is 11.3. The number of carbonyl (C=O) groups is 1. The quantitative estimate of drug-likeness (QED) is 0.233. The highest BCUT2D eigenvalue weighted by atomic mass is 127. The predicted octanol–water partition coefficient (Wildman–Crippen LogP) is 2.64. The van der Waals surface area contributed by atoms with E-state index in [2.05, 4.69) is 15.6 Å². The molecule has 1 amide bonds. The fourth-order valence-electron chi connectivity index (χ4n) is 2.45. The van der Waals surface area contributed by atoms with Gasteiger partial charge in [-0.05, 0) is 38.5 Å². The highest BCUT2D eigenvalue weighted by molar-refractivity contribution is 14.0. The number of hydrogen-bond donors (Lipinski definition) is 2. The van der Waals surface area contributed by atoms with Crippen molar-refractivity contribution >= 4 is 35.8 Å². The molecule has 8 heteroatoms. The summed E-state index contributed by atoms with van der Waals surface area (Å²) in [5.74, 6) is 1.45. The molecule has 0 saturated heterocycles. The summed E-state index contributed by atoms with van der Waals surface area (Å²) in [6, 6.07) is 7.92. The van der Waals surface area contributed by atoms with E-state index in [0.717, 1.165) is 17.7 Å². The number of carbonyl (C=O) groups excluding carboxylic acids is 1. The fourth-order valence-corrected chi connectivity index (χ4v) is 2.45. The molecule has 1 aromatic rings. The van der Waals surface area contributed by atoms with Crippen LogP contribution in [0, 0.1) is 0 Å². The summed E-state index contributed by atoms with van der Waals surface area (Å²) in [4.78, 5) is 18.1. The molecular weight excluding hydrogens is 471 g/mol. The number of halogens is 1. The normalized spacial score (nSPS) is 11.4. The van der Waals surface area contributed by atoms with Gasteiger partial charge in [-0.25, -0.2) is 0 Å². The Kier molecular flexibility index (Phi) is 12.8. The molecule has 160 valence electrons. The third-order valence-electron chi connectivity index (χ3n) is 3.58. The number of methoxy groups -OCH3 is 1. The zero-order valence-electron chi connectivity index (χ0n) is 17.9. The van der Waals surface area contributed by atoms with Crippen LogP contribution >= 0.6 is 24.0 Å². The average Bonchev–Trinajstić information content (AvgIpc) is 2.58. The van der Waals surface area contributed by atoms with Crippen molar-refractivity contribution in [1.29, 1.82) is 0 Å². The topological polar surface area (TPSA) is 75.2 Å². The lowest BCUT2D eigenvalue weighted by molar-refractivity contribution is -0.122. The fraction of sp³-hybridized carbons (Fsp3) is 0.600.